The molecule has 0 saturated carbocycles. The number of carbonyl (C=O) groups is 1. The number of aromatic nitrogens is 2. The fourth-order valence-electron chi connectivity index (χ4n) is 3.89. The second-order valence-electron chi connectivity index (χ2n) is 6.29. The molecule has 2 aliphatic heterocycles. The number of rotatable bonds is 2. The van der Waals surface area contributed by atoms with E-state index in [1.807, 2.05) is 0 Å². The number of nitrogens with zero attached hydrogens (tertiary/aromatic N) is 2. The van der Waals surface area contributed by atoms with Gasteiger partial charge in [0.25, 0.3) is 5.91 Å². The third-order valence-electron chi connectivity index (χ3n) is 4.80. The fraction of sp³-hybridized carbons (Fsp3) is 0.714. The zero-order chi connectivity index (χ0) is 16.1. The van der Waals surface area contributed by atoms with E-state index >= 15 is 0 Å². The highest BCUT2D eigenvalue weighted by molar-refractivity contribution is 5.93. The lowest BCUT2D eigenvalue weighted by Crippen LogP contribution is -2.47. The van der Waals surface area contributed by atoms with Crippen molar-refractivity contribution < 1.29 is 18.0 Å². The first kappa shape index (κ1) is 15.2. The largest absolute Gasteiger partial charge is 0.389 e. The number of fused-ring (bicyclic) bond motifs is 2. The SMILES string of the molecule is Cn1c(C(=O)N2C3CCC2CC(CC(F)(F)F)C3)c[nH]c1=O. The van der Waals surface area contributed by atoms with E-state index in [9.17, 15) is 22.8 Å². The molecule has 5 nitrogen and oxygen atoms in total. The molecule has 2 unspecified atom stereocenters. The molecule has 0 radical (unpaired) electrons. The maximum atomic E-state index is 12.6. The second kappa shape index (κ2) is 5.17. The Morgan fingerprint density at radius 2 is 1.91 bits per heavy atom. The van der Waals surface area contributed by atoms with E-state index in [4.69, 9.17) is 0 Å². The molecule has 0 spiro atoms. The van der Waals surface area contributed by atoms with Gasteiger partial charge in [0, 0.05) is 31.7 Å². The van der Waals surface area contributed by atoms with E-state index in [-0.39, 0.29) is 29.4 Å². The Labute approximate surface area is 125 Å². The van der Waals surface area contributed by atoms with E-state index in [1.54, 1.807) is 4.90 Å². The van der Waals surface area contributed by atoms with Crippen molar-refractivity contribution in [3.05, 3.63) is 22.4 Å². The van der Waals surface area contributed by atoms with Gasteiger partial charge in [-0.15, -0.1) is 0 Å². The summed E-state index contributed by atoms with van der Waals surface area (Å²) >= 11 is 0. The molecule has 1 aromatic heterocycles. The Hall–Kier alpha value is -1.73. The van der Waals surface area contributed by atoms with Crippen LogP contribution in [0, 0.1) is 5.92 Å². The van der Waals surface area contributed by atoms with Crippen molar-refractivity contribution in [2.24, 2.45) is 13.0 Å². The first-order valence-electron chi connectivity index (χ1n) is 7.40. The summed E-state index contributed by atoms with van der Waals surface area (Å²) in [7, 11) is 1.50. The van der Waals surface area contributed by atoms with Crippen LogP contribution in [0.25, 0.3) is 0 Å². The Bertz CT molecular complexity index is 620. The van der Waals surface area contributed by atoms with E-state index in [0.717, 1.165) is 12.8 Å². The summed E-state index contributed by atoms with van der Waals surface area (Å²) in [6.45, 7) is 0. The number of nitrogens with one attached hydrogen (secondary N) is 1. The lowest BCUT2D eigenvalue weighted by molar-refractivity contribution is -0.148. The van der Waals surface area contributed by atoms with Gasteiger partial charge in [0.15, 0.2) is 0 Å². The van der Waals surface area contributed by atoms with Gasteiger partial charge in [-0.3, -0.25) is 9.36 Å². The topological polar surface area (TPSA) is 58.1 Å². The van der Waals surface area contributed by atoms with Crippen molar-refractivity contribution in [1.82, 2.24) is 14.5 Å². The predicted octanol–water partition coefficient (Wildman–Crippen LogP) is 2.05. The van der Waals surface area contributed by atoms with Crippen LogP contribution in [0.5, 0.6) is 0 Å². The van der Waals surface area contributed by atoms with E-state index in [2.05, 4.69) is 4.98 Å². The smallest absolute Gasteiger partial charge is 0.331 e. The van der Waals surface area contributed by atoms with Crippen LogP contribution in [0.15, 0.2) is 11.0 Å². The summed E-state index contributed by atoms with van der Waals surface area (Å²) in [4.78, 5) is 28.2. The molecule has 2 bridgehead atoms. The van der Waals surface area contributed by atoms with Gasteiger partial charge in [0.1, 0.15) is 5.69 Å². The number of hydrogen-bond donors (Lipinski definition) is 1. The van der Waals surface area contributed by atoms with E-state index < -0.39 is 18.5 Å². The Kier molecular flexibility index (Phi) is 3.57. The Morgan fingerprint density at radius 1 is 1.32 bits per heavy atom. The average molecular weight is 317 g/mol. The highest BCUT2D eigenvalue weighted by Gasteiger charge is 2.46. The highest BCUT2D eigenvalue weighted by Crippen LogP contribution is 2.43. The normalized spacial score (nSPS) is 28.2. The first-order chi connectivity index (χ1) is 10.3. The summed E-state index contributed by atoms with van der Waals surface area (Å²) in [6.07, 6.45) is -1.30. The van der Waals surface area contributed by atoms with Crippen LogP contribution in [0.3, 0.4) is 0 Å². The molecule has 122 valence electrons. The number of imidazole rings is 1. The molecule has 2 saturated heterocycles. The number of halogens is 3. The zero-order valence-electron chi connectivity index (χ0n) is 12.2. The standard InChI is InChI=1S/C14H18F3N3O2/c1-19-11(7-18-13(19)22)12(21)20-9-2-3-10(20)5-8(4-9)6-14(15,16)17/h7-10H,2-6H2,1H3,(H,18,22). The van der Waals surface area contributed by atoms with Gasteiger partial charge in [-0.2, -0.15) is 13.2 Å². The number of H-pyrrole nitrogens is 1. The fourth-order valence-corrected chi connectivity index (χ4v) is 3.89. The molecular formula is C14H18F3N3O2. The number of amides is 1. The molecule has 8 heteroatoms. The van der Waals surface area contributed by atoms with Gasteiger partial charge in [-0.25, -0.2) is 4.79 Å². The predicted molar refractivity (Wildman–Crippen MR) is 72.4 cm³/mol. The number of hydrogen-bond acceptors (Lipinski definition) is 2. The monoisotopic (exact) mass is 317 g/mol. The third-order valence-corrected chi connectivity index (χ3v) is 4.80. The van der Waals surface area contributed by atoms with Crippen LogP contribution in [0.1, 0.15) is 42.6 Å². The molecule has 1 aromatic rings. The van der Waals surface area contributed by atoms with Crippen LogP contribution in [0.2, 0.25) is 0 Å². The molecule has 0 aliphatic carbocycles. The van der Waals surface area contributed by atoms with Crippen LogP contribution in [0.4, 0.5) is 13.2 Å². The van der Waals surface area contributed by atoms with E-state index in [1.165, 1.54) is 17.8 Å². The molecule has 1 N–H and O–H groups in total. The molecule has 0 aromatic carbocycles. The van der Waals surface area contributed by atoms with Crippen LogP contribution in [-0.2, 0) is 7.05 Å². The summed E-state index contributed by atoms with van der Waals surface area (Å²) in [5.74, 6) is -0.671. The van der Waals surface area contributed by atoms with Gasteiger partial charge in [0.05, 0.1) is 0 Å². The zero-order valence-corrected chi connectivity index (χ0v) is 12.2. The molecule has 3 heterocycles. The van der Waals surface area contributed by atoms with Crippen molar-refractivity contribution in [2.45, 2.75) is 50.4 Å². The first-order valence-corrected chi connectivity index (χ1v) is 7.40. The minimum atomic E-state index is -4.15. The molecule has 3 rings (SSSR count). The second-order valence-corrected chi connectivity index (χ2v) is 6.29. The van der Waals surface area contributed by atoms with Gasteiger partial charge < -0.3 is 9.88 Å². The van der Waals surface area contributed by atoms with Gasteiger partial charge >= 0.3 is 11.9 Å². The number of aromatic amines is 1. The van der Waals surface area contributed by atoms with E-state index in [0.29, 0.717) is 12.8 Å². The molecule has 2 fully saturated rings. The lowest BCUT2D eigenvalue weighted by atomic mass is 9.88. The van der Waals surface area contributed by atoms with Gasteiger partial charge in [0.2, 0.25) is 0 Å². The van der Waals surface area contributed by atoms with Crippen molar-refractivity contribution in [3.63, 3.8) is 0 Å². The summed E-state index contributed by atoms with van der Waals surface area (Å²) in [5.41, 5.74) is -0.112. The maximum absolute atomic E-state index is 12.6. The van der Waals surface area contributed by atoms with Gasteiger partial charge in [-0.05, 0) is 31.6 Å². The molecular weight excluding hydrogens is 299 g/mol. The third kappa shape index (κ3) is 2.66. The maximum Gasteiger partial charge on any atom is 0.389 e. The van der Waals surface area contributed by atoms with Crippen molar-refractivity contribution in [3.8, 4) is 0 Å². The Morgan fingerprint density at radius 3 is 2.36 bits per heavy atom. The summed E-state index contributed by atoms with van der Waals surface area (Å²) in [5, 5.41) is 0. The van der Waals surface area contributed by atoms with Crippen molar-refractivity contribution >= 4 is 5.91 Å². The minimum absolute atomic E-state index is 0.149. The average Bonchev–Trinajstić information content (AvgIpc) is 2.86. The Balaban J connectivity index is 1.76. The highest BCUT2D eigenvalue weighted by atomic mass is 19.4. The van der Waals surface area contributed by atoms with Crippen molar-refractivity contribution in [2.75, 3.05) is 0 Å². The molecule has 2 aliphatic rings. The quantitative estimate of drug-likeness (QED) is 0.907. The summed E-state index contributed by atoms with van der Waals surface area (Å²) < 4.78 is 38.9. The minimum Gasteiger partial charge on any atom is -0.331 e. The lowest BCUT2D eigenvalue weighted by Gasteiger charge is -2.39. The number of piperidine rings is 1. The number of carbonyl (C=O) groups excluding carboxylic acids is 1. The summed E-state index contributed by atoms with van der Waals surface area (Å²) in [6, 6.07) is -0.299. The van der Waals surface area contributed by atoms with Crippen LogP contribution >= 0.6 is 0 Å². The van der Waals surface area contributed by atoms with Crippen LogP contribution in [-0.4, -0.2) is 38.6 Å². The van der Waals surface area contributed by atoms with Crippen molar-refractivity contribution in [1.29, 1.82) is 0 Å². The molecule has 2 atom stereocenters. The van der Waals surface area contributed by atoms with Gasteiger partial charge in [-0.1, -0.05) is 0 Å². The molecule has 1 amide bonds. The number of alkyl halides is 3. The molecule has 22 heavy (non-hydrogen) atoms. The van der Waals surface area contributed by atoms with Crippen LogP contribution < -0.4 is 5.69 Å².